The first-order valence-corrected chi connectivity index (χ1v) is 9.74. The van der Waals surface area contributed by atoms with Crippen LogP contribution >= 0.6 is 0 Å². The molecule has 0 bridgehead atoms. The van der Waals surface area contributed by atoms with Crippen LogP contribution in [0.4, 0.5) is 5.69 Å². The van der Waals surface area contributed by atoms with Crippen LogP contribution in [0.2, 0.25) is 0 Å². The maximum atomic E-state index is 12.8. The summed E-state index contributed by atoms with van der Waals surface area (Å²) in [5.41, 5.74) is 11.6. The Kier molecular flexibility index (Phi) is 5.87. The molecule has 0 atom stereocenters. The number of hydrogen-bond acceptors (Lipinski definition) is 2. The maximum absolute atomic E-state index is 12.8. The first kappa shape index (κ1) is 20.4. The van der Waals surface area contributed by atoms with Crippen molar-refractivity contribution in [3.05, 3.63) is 82.7 Å². The quantitative estimate of drug-likeness (QED) is 0.651. The topological polar surface area (TPSA) is 77.1 Å². The summed E-state index contributed by atoms with van der Waals surface area (Å²) in [5, 5.41) is 2.93. The van der Waals surface area contributed by atoms with E-state index in [1.165, 1.54) is 5.56 Å². The number of nitrogens with two attached hydrogens (primary N) is 1. The SMILES string of the molecule is Cc1cc(C(=O)Nc2ccc(CC(N)=O)cc2)c(C)n1-c1ccc(C(C)C)cc1. The van der Waals surface area contributed by atoms with Crippen LogP contribution in [0, 0.1) is 13.8 Å². The van der Waals surface area contributed by atoms with Crippen LogP contribution in [0.15, 0.2) is 54.6 Å². The Bertz CT molecular complexity index is 1030. The van der Waals surface area contributed by atoms with Gasteiger partial charge in [0.1, 0.15) is 0 Å². The number of aryl methyl sites for hydroxylation is 1. The van der Waals surface area contributed by atoms with Crippen LogP contribution in [-0.2, 0) is 11.2 Å². The van der Waals surface area contributed by atoms with Crippen molar-refractivity contribution in [2.75, 3.05) is 5.32 Å². The molecule has 0 aliphatic carbocycles. The molecule has 0 saturated carbocycles. The van der Waals surface area contributed by atoms with Crippen molar-refractivity contribution in [1.82, 2.24) is 4.57 Å². The van der Waals surface area contributed by atoms with Gasteiger partial charge in [0, 0.05) is 22.8 Å². The van der Waals surface area contributed by atoms with Gasteiger partial charge in [0.25, 0.3) is 5.91 Å². The van der Waals surface area contributed by atoms with E-state index in [9.17, 15) is 9.59 Å². The number of rotatable bonds is 6. The lowest BCUT2D eigenvalue weighted by molar-refractivity contribution is -0.117. The van der Waals surface area contributed by atoms with Crippen molar-refractivity contribution < 1.29 is 9.59 Å². The van der Waals surface area contributed by atoms with Crippen LogP contribution in [0.1, 0.15) is 52.6 Å². The Balaban J connectivity index is 1.81. The van der Waals surface area contributed by atoms with Gasteiger partial charge in [-0.25, -0.2) is 0 Å². The summed E-state index contributed by atoms with van der Waals surface area (Å²) in [6.07, 6.45) is 0.185. The number of anilines is 1. The molecule has 0 saturated heterocycles. The van der Waals surface area contributed by atoms with E-state index >= 15 is 0 Å². The molecule has 3 rings (SSSR count). The highest BCUT2D eigenvalue weighted by Gasteiger charge is 2.17. The molecule has 0 unspecified atom stereocenters. The predicted molar refractivity (Wildman–Crippen MR) is 117 cm³/mol. The molecule has 3 aromatic rings. The van der Waals surface area contributed by atoms with Gasteiger partial charge in [-0.2, -0.15) is 0 Å². The zero-order valence-corrected chi connectivity index (χ0v) is 17.3. The summed E-state index contributed by atoms with van der Waals surface area (Å²) in [4.78, 5) is 23.8. The second kappa shape index (κ2) is 8.35. The van der Waals surface area contributed by atoms with E-state index < -0.39 is 0 Å². The monoisotopic (exact) mass is 389 g/mol. The molecular formula is C24H27N3O2. The normalized spacial score (nSPS) is 10.9. The summed E-state index contributed by atoms with van der Waals surface area (Å²) in [7, 11) is 0. The van der Waals surface area contributed by atoms with Gasteiger partial charge in [-0.3, -0.25) is 9.59 Å². The molecule has 0 radical (unpaired) electrons. The number of nitrogens with zero attached hydrogens (tertiary/aromatic N) is 1. The van der Waals surface area contributed by atoms with Crippen LogP contribution < -0.4 is 11.1 Å². The predicted octanol–water partition coefficient (Wildman–Crippen LogP) is 4.50. The third-order valence-electron chi connectivity index (χ3n) is 5.08. The molecule has 5 heteroatoms. The Labute approximate surface area is 171 Å². The molecule has 0 aliphatic heterocycles. The summed E-state index contributed by atoms with van der Waals surface area (Å²) in [5.74, 6) is -0.0620. The van der Waals surface area contributed by atoms with Crippen LogP contribution in [0.3, 0.4) is 0 Å². The molecule has 1 heterocycles. The van der Waals surface area contributed by atoms with Crippen molar-refractivity contribution >= 4 is 17.5 Å². The van der Waals surface area contributed by atoms with E-state index in [2.05, 4.69) is 48.0 Å². The van der Waals surface area contributed by atoms with E-state index in [-0.39, 0.29) is 18.2 Å². The second-order valence-electron chi connectivity index (χ2n) is 7.66. The minimum Gasteiger partial charge on any atom is -0.369 e. The largest absolute Gasteiger partial charge is 0.369 e. The number of carbonyl (C=O) groups is 2. The molecule has 0 aliphatic rings. The smallest absolute Gasteiger partial charge is 0.257 e. The van der Waals surface area contributed by atoms with Crippen LogP contribution in [-0.4, -0.2) is 16.4 Å². The molecule has 0 fully saturated rings. The number of benzene rings is 2. The minimum absolute atomic E-state index is 0.161. The highest BCUT2D eigenvalue weighted by atomic mass is 16.2. The summed E-state index contributed by atoms with van der Waals surface area (Å²) >= 11 is 0. The third-order valence-corrected chi connectivity index (χ3v) is 5.08. The lowest BCUT2D eigenvalue weighted by Gasteiger charge is -2.12. The van der Waals surface area contributed by atoms with Gasteiger partial charge in [0.05, 0.1) is 12.0 Å². The van der Waals surface area contributed by atoms with Crippen molar-refractivity contribution in [2.45, 2.75) is 40.0 Å². The standard InChI is InChI=1S/C24H27N3O2/c1-15(2)19-7-11-21(12-8-19)27-16(3)13-22(17(27)4)24(29)26-20-9-5-18(6-10-20)14-23(25)28/h5-13,15H,14H2,1-4H3,(H2,25,28)(H,26,29). The first-order chi connectivity index (χ1) is 13.8. The Morgan fingerprint density at radius 2 is 1.62 bits per heavy atom. The summed E-state index contributed by atoms with van der Waals surface area (Å²) < 4.78 is 2.09. The fourth-order valence-corrected chi connectivity index (χ4v) is 3.50. The zero-order valence-electron chi connectivity index (χ0n) is 17.3. The fourth-order valence-electron chi connectivity index (χ4n) is 3.50. The molecule has 2 aromatic carbocycles. The van der Waals surface area contributed by atoms with E-state index in [0.717, 1.165) is 22.6 Å². The van der Waals surface area contributed by atoms with Gasteiger partial charge in [0.2, 0.25) is 5.91 Å². The van der Waals surface area contributed by atoms with E-state index in [0.29, 0.717) is 17.2 Å². The van der Waals surface area contributed by atoms with Gasteiger partial charge < -0.3 is 15.6 Å². The number of hydrogen-bond donors (Lipinski definition) is 2. The third kappa shape index (κ3) is 4.57. The van der Waals surface area contributed by atoms with Crippen molar-refractivity contribution in [3.8, 4) is 5.69 Å². The molecule has 0 spiro atoms. The van der Waals surface area contributed by atoms with E-state index in [1.807, 2.05) is 19.9 Å². The van der Waals surface area contributed by atoms with Gasteiger partial charge in [-0.1, -0.05) is 38.1 Å². The van der Waals surface area contributed by atoms with Gasteiger partial charge in [0.15, 0.2) is 0 Å². The summed E-state index contributed by atoms with van der Waals surface area (Å²) in [6.45, 7) is 8.29. The maximum Gasteiger partial charge on any atom is 0.257 e. The average molecular weight is 389 g/mol. The summed E-state index contributed by atoms with van der Waals surface area (Å²) in [6, 6.07) is 17.5. The van der Waals surface area contributed by atoms with Crippen molar-refractivity contribution in [1.29, 1.82) is 0 Å². The van der Waals surface area contributed by atoms with Crippen molar-refractivity contribution in [2.24, 2.45) is 5.73 Å². The van der Waals surface area contributed by atoms with Crippen LogP contribution in [0.25, 0.3) is 5.69 Å². The van der Waals surface area contributed by atoms with Gasteiger partial charge in [-0.15, -0.1) is 0 Å². The average Bonchev–Trinajstić information content (AvgIpc) is 2.97. The molecule has 29 heavy (non-hydrogen) atoms. The zero-order chi connectivity index (χ0) is 21.1. The lowest BCUT2D eigenvalue weighted by Crippen LogP contribution is -2.14. The lowest BCUT2D eigenvalue weighted by atomic mass is 10.0. The first-order valence-electron chi connectivity index (χ1n) is 9.74. The van der Waals surface area contributed by atoms with Gasteiger partial charge in [-0.05, 0) is 61.2 Å². The second-order valence-corrected chi connectivity index (χ2v) is 7.66. The van der Waals surface area contributed by atoms with Crippen molar-refractivity contribution in [3.63, 3.8) is 0 Å². The highest BCUT2D eigenvalue weighted by molar-refractivity contribution is 6.05. The number of aromatic nitrogens is 1. The van der Waals surface area contributed by atoms with Gasteiger partial charge >= 0.3 is 0 Å². The minimum atomic E-state index is -0.379. The van der Waals surface area contributed by atoms with E-state index in [4.69, 9.17) is 5.73 Å². The molecule has 150 valence electrons. The van der Waals surface area contributed by atoms with Crippen LogP contribution in [0.5, 0.6) is 0 Å². The molecule has 2 amide bonds. The fraction of sp³-hybridized carbons (Fsp3) is 0.250. The molecular weight excluding hydrogens is 362 g/mol. The number of amides is 2. The van der Waals surface area contributed by atoms with E-state index in [1.54, 1.807) is 24.3 Å². The number of nitrogens with one attached hydrogen (secondary N) is 1. The molecule has 3 N–H and O–H groups in total. The number of primary amides is 1. The number of carbonyl (C=O) groups excluding carboxylic acids is 2. The molecule has 1 aromatic heterocycles. The highest BCUT2D eigenvalue weighted by Crippen LogP contribution is 2.24. The Morgan fingerprint density at radius 1 is 1.00 bits per heavy atom. The Hall–Kier alpha value is -3.34. The molecule has 5 nitrogen and oxygen atoms in total. The Morgan fingerprint density at radius 3 is 2.17 bits per heavy atom.